The summed E-state index contributed by atoms with van der Waals surface area (Å²) in [5.74, 6) is -0.449. The lowest BCUT2D eigenvalue weighted by Gasteiger charge is -2.14. The van der Waals surface area contributed by atoms with E-state index in [1.807, 2.05) is 0 Å². The summed E-state index contributed by atoms with van der Waals surface area (Å²) < 4.78 is 26.7. The Morgan fingerprint density at radius 2 is 2.05 bits per heavy atom. The van der Waals surface area contributed by atoms with Gasteiger partial charge < -0.3 is 11.1 Å². The highest BCUT2D eigenvalue weighted by Crippen LogP contribution is 2.31. The molecule has 106 valence electrons. The number of nitrogens with two attached hydrogens (primary N) is 1. The Balaban J connectivity index is 3.18. The van der Waals surface area contributed by atoms with Crippen LogP contribution in [-0.2, 0) is 14.8 Å². The summed E-state index contributed by atoms with van der Waals surface area (Å²) in [7, 11) is -2.50. The van der Waals surface area contributed by atoms with Crippen LogP contribution in [0.4, 0.5) is 5.69 Å². The summed E-state index contributed by atoms with van der Waals surface area (Å²) in [5.41, 5.74) is 5.83. The van der Waals surface area contributed by atoms with Crippen LogP contribution in [0.2, 0.25) is 5.02 Å². The molecule has 0 spiro atoms. The highest BCUT2D eigenvalue weighted by Gasteiger charge is 2.24. The number of sulfonamides is 1. The molecule has 4 N–H and O–H groups in total. The zero-order valence-electron chi connectivity index (χ0n) is 10.2. The smallest absolute Gasteiger partial charge is 0.242 e. The molecule has 0 heterocycles. The summed E-state index contributed by atoms with van der Waals surface area (Å²) >= 11 is 8.87. The van der Waals surface area contributed by atoms with Crippen LogP contribution in [0.25, 0.3) is 0 Å². The van der Waals surface area contributed by atoms with Gasteiger partial charge >= 0.3 is 0 Å². The molecule has 1 amide bonds. The van der Waals surface area contributed by atoms with Crippen LogP contribution in [0, 0.1) is 0 Å². The first-order valence-corrected chi connectivity index (χ1v) is 7.83. The molecular weight excluding hydrogens is 358 g/mol. The standard InChI is InChI=1S/C10H13BrClN3O3S/c1-5(10(16)14-2)15-19(17,18)8-4-6(12)3-7(13)9(8)11/h3-5,15H,13H2,1-2H3,(H,14,16). The molecule has 1 aromatic rings. The van der Waals surface area contributed by atoms with E-state index in [0.717, 1.165) is 0 Å². The number of nitrogen functional groups attached to an aromatic ring is 1. The van der Waals surface area contributed by atoms with Gasteiger partial charge in [0.25, 0.3) is 0 Å². The first-order chi connectivity index (χ1) is 8.69. The molecule has 1 unspecified atom stereocenters. The fraction of sp³-hybridized carbons (Fsp3) is 0.300. The minimum atomic E-state index is -3.91. The molecule has 0 radical (unpaired) electrons. The lowest BCUT2D eigenvalue weighted by atomic mass is 10.3. The Morgan fingerprint density at radius 1 is 1.47 bits per heavy atom. The summed E-state index contributed by atoms with van der Waals surface area (Å²) in [6, 6.07) is 1.76. The zero-order chi connectivity index (χ0) is 14.8. The van der Waals surface area contributed by atoms with E-state index in [9.17, 15) is 13.2 Å². The Labute approximate surface area is 124 Å². The number of amides is 1. The topological polar surface area (TPSA) is 101 Å². The number of nitrogens with one attached hydrogen (secondary N) is 2. The first-order valence-electron chi connectivity index (χ1n) is 5.17. The van der Waals surface area contributed by atoms with E-state index in [2.05, 4.69) is 26.0 Å². The molecule has 0 aliphatic heterocycles. The molecule has 0 saturated carbocycles. The molecule has 1 atom stereocenters. The average molecular weight is 371 g/mol. The predicted molar refractivity (Wildman–Crippen MR) is 77.4 cm³/mol. The maximum atomic E-state index is 12.2. The highest BCUT2D eigenvalue weighted by atomic mass is 79.9. The van der Waals surface area contributed by atoms with Crippen molar-refractivity contribution in [1.29, 1.82) is 0 Å². The number of hydrogen-bond donors (Lipinski definition) is 3. The maximum absolute atomic E-state index is 12.2. The molecule has 0 aliphatic carbocycles. The van der Waals surface area contributed by atoms with E-state index in [1.165, 1.54) is 26.1 Å². The van der Waals surface area contributed by atoms with Gasteiger partial charge in [-0.2, -0.15) is 4.72 Å². The minimum absolute atomic E-state index is 0.117. The van der Waals surface area contributed by atoms with Gasteiger partial charge in [0, 0.05) is 17.8 Å². The number of hydrogen-bond acceptors (Lipinski definition) is 4. The summed E-state index contributed by atoms with van der Waals surface area (Å²) in [6.45, 7) is 1.43. The Bertz CT molecular complexity index is 606. The van der Waals surface area contributed by atoms with Crippen molar-refractivity contribution in [3.8, 4) is 0 Å². The van der Waals surface area contributed by atoms with Crippen molar-refractivity contribution in [1.82, 2.24) is 10.0 Å². The lowest BCUT2D eigenvalue weighted by Crippen LogP contribution is -2.43. The third-order valence-corrected chi connectivity index (χ3v) is 5.22. The van der Waals surface area contributed by atoms with Gasteiger partial charge in [-0.3, -0.25) is 4.79 Å². The number of benzene rings is 1. The van der Waals surface area contributed by atoms with Crippen molar-refractivity contribution >= 4 is 49.1 Å². The monoisotopic (exact) mass is 369 g/mol. The summed E-state index contributed by atoms with van der Waals surface area (Å²) in [4.78, 5) is 11.2. The third-order valence-electron chi connectivity index (χ3n) is 2.29. The fourth-order valence-corrected chi connectivity index (χ4v) is 3.84. The van der Waals surface area contributed by atoms with Crippen molar-refractivity contribution in [3.05, 3.63) is 21.6 Å². The van der Waals surface area contributed by atoms with E-state index in [4.69, 9.17) is 17.3 Å². The molecule has 0 aromatic heterocycles. The molecule has 1 rings (SSSR count). The van der Waals surface area contributed by atoms with Gasteiger partial charge in [-0.25, -0.2) is 8.42 Å². The minimum Gasteiger partial charge on any atom is -0.398 e. The van der Waals surface area contributed by atoms with Crippen molar-refractivity contribution in [3.63, 3.8) is 0 Å². The average Bonchev–Trinajstić information content (AvgIpc) is 2.31. The van der Waals surface area contributed by atoms with Gasteiger partial charge in [-0.05, 0) is 35.0 Å². The number of anilines is 1. The Hall–Kier alpha value is -0.830. The van der Waals surface area contributed by atoms with Crippen LogP contribution in [0.15, 0.2) is 21.5 Å². The van der Waals surface area contributed by atoms with Crippen LogP contribution in [0.3, 0.4) is 0 Å². The number of carbonyl (C=O) groups is 1. The predicted octanol–water partition coefficient (Wildman–Crippen LogP) is 1.10. The third kappa shape index (κ3) is 3.82. The van der Waals surface area contributed by atoms with Crippen LogP contribution < -0.4 is 15.8 Å². The van der Waals surface area contributed by atoms with E-state index in [0.29, 0.717) is 0 Å². The van der Waals surface area contributed by atoms with Crippen molar-refractivity contribution in [2.24, 2.45) is 0 Å². The lowest BCUT2D eigenvalue weighted by molar-refractivity contribution is -0.121. The number of rotatable bonds is 4. The highest BCUT2D eigenvalue weighted by molar-refractivity contribution is 9.10. The molecule has 0 aliphatic rings. The second kappa shape index (κ2) is 6.08. The van der Waals surface area contributed by atoms with Crippen molar-refractivity contribution in [2.45, 2.75) is 17.9 Å². The van der Waals surface area contributed by atoms with Crippen LogP contribution in [-0.4, -0.2) is 27.4 Å². The number of halogens is 2. The molecule has 0 bridgehead atoms. The Kier molecular flexibility index (Phi) is 5.19. The molecule has 9 heteroatoms. The van der Waals surface area contributed by atoms with Crippen LogP contribution in [0.5, 0.6) is 0 Å². The molecule has 0 fully saturated rings. The molecule has 6 nitrogen and oxygen atoms in total. The van der Waals surface area contributed by atoms with E-state index >= 15 is 0 Å². The van der Waals surface area contributed by atoms with E-state index < -0.39 is 22.0 Å². The summed E-state index contributed by atoms with van der Waals surface area (Å²) in [5, 5.41) is 2.54. The van der Waals surface area contributed by atoms with Crippen molar-refractivity contribution in [2.75, 3.05) is 12.8 Å². The largest absolute Gasteiger partial charge is 0.398 e. The first kappa shape index (κ1) is 16.2. The summed E-state index contributed by atoms with van der Waals surface area (Å²) in [6.07, 6.45) is 0. The SMILES string of the molecule is CNC(=O)C(C)NS(=O)(=O)c1cc(Cl)cc(N)c1Br. The zero-order valence-corrected chi connectivity index (χ0v) is 13.4. The van der Waals surface area contributed by atoms with Crippen LogP contribution in [0.1, 0.15) is 6.92 Å². The van der Waals surface area contributed by atoms with E-state index in [-0.39, 0.29) is 20.1 Å². The van der Waals surface area contributed by atoms with Crippen LogP contribution >= 0.6 is 27.5 Å². The van der Waals surface area contributed by atoms with Gasteiger partial charge in [-0.15, -0.1) is 0 Å². The Morgan fingerprint density at radius 3 is 2.58 bits per heavy atom. The van der Waals surface area contributed by atoms with Gasteiger partial charge in [-0.1, -0.05) is 11.6 Å². The van der Waals surface area contributed by atoms with Crippen molar-refractivity contribution < 1.29 is 13.2 Å². The second-order valence-electron chi connectivity index (χ2n) is 3.76. The normalized spacial score (nSPS) is 13.1. The van der Waals surface area contributed by atoms with Gasteiger partial charge in [0.1, 0.15) is 0 Å². The molecule has 0 saturated heterocycles. The fourth-order valence-electron chi connectivity index (χ4n) is 1.35. The quantitative estimate of drug-likeness (QED) is 0.691. The second-order valence-corrected chi connectivity index (χ2v) is 6.68. The molecular formula is C10H13BrClN3O3S. The molecule has 1 aromatic carbocycles. The van der Waals surface area contributed by atoms with Gasteiger partial charge in [0.15, 0.2) is 0 Å². The number of carbonyl (C=O) groups excluding carboxylic acids is 1. The van der Waals surface area contributed by atoms with Gasteiger partial charge in [0.05, 0.1) is 15.4 Å². The van der Waals surface area contributed by atoms with Gasteiger partial charge in [0.2, 0.25) is 15.9 Å². The number of likely N-dealkylation sites (N-methyl/N-ethyl adjacent to an activating group) is 1. The maximum Gasteiger partial charge on any atom is 0.242 e. The molecule has 19 heavy (non-hydrogen) atoms. The van der Waals surface area contributed by atoms with E-state index in [1.54, 1.807) is 0 Å².